The monoisotopic (exact) mass is 383 g/mol. The minimum absolute atomic E-state index is 0.436. The Hall–Kier alpha value is -1.92. The minimum atomic E-state index is -0.463. The van der Waals surface area contributed by atoms with E-state index >= 15 is 0 Å². The lowest BCUT2D eigenvalue weighted by Gasteiger charge is -2.19. The van der Waals surface area contributed by atoms with E-state index in [-0.39, 0.29) is 0 Å². The summed E-state index contributed by atoms with van der Waals surface area (Å²) in [5.74, 6) is 0.844. The number of pyridine rings is 1. The van der Waals surface area contributed by atoms with Crippen LogP contribution in [0.1, 0.15) is 59.0 Å². The smallest absolute Gasteiger partial charge is 0.260 e. The highest BCUT2D eigenvalue weighted by molar-refractivity contribution is 7.21. The molecule has 0 aliphatic heterocycles. The second kappa shape index (κ2) is 6.06. The van der Waals surface area contributed by atoms with Gasteiger partial charge in [-0.25, -0.2) is 4.98 Å². The normalized spacial score (nSPS) is 20.1. The number of nitrogen functional groups attached to an aromatic ring is 1. The van der Waals surface area contributed by atoms with Gasteiger partial charge < -0.3 is 11.5 Å². The maximum Gasteiger partial charge on any atom is 0.260 e. The van der Waals surface area contributed by atoms with Crippen molar-refractivity contribution in [2.45, 2.75) is 44.4 Å². The molecule has 26 heavy (non-hydrogen) atoms. The molecule has 0 saturated heterocycles. The first kappa shape index (κ1) is 16.3. The van der Waals surface area contributed by atoms with Gasteiger partial charge in [0.1, 0.15) is 9.71 Å². The summed E-state index contributed by atoms with van der Waals surface area (Å²) in [6.07, 6.45) is 7.55. The molecule has 1 atom stereocenters. The average Bonchev–Trinajstić information content (AvgIpc) is 3.40. The van der Waals surface area contributed by atoms with Crippen molar-refractivity contribution in [1.29, 1.82) is 0 Å². The van der Waals surface area contributed by atoms with Crippen LogP contribution in [0.15, 0.2) is 17.5 Å². The first-order valence-electron chi connectivity index (χ1n) is 9.23. The van der Waals surface area contributed by atoms with Crippen molar-refractivity contribution < 1.29 is 4.79 Å². The van der Waals surface area contributed by atoms with Gasteiger partial charge in [0.05, 0.1) is 5.69 Å². The van der Waals surface area contributed by atoms with Crippen LogP contribution in [-0.4, -0.2) is 10.9 Å². The Morgan fingerprint density at radius 2 is 2.04 bits per heavy atom. The van der Waals surface area contributed by atoms with Gasteiger partial charge >= 0.3 is 0 Å². The van der Waals surface area contributed by atoms with Gasteiger partial charge in [-0.15, -0.1) is 22.7 Å². The van der Waals surface area contributed by atoms with Crippen LogP contribution in [-0.2, 0) is 6.42 Å². The summed E-state index contributed by atoms with van der Waals surface area (Å²) >= 11 is 3.07. The van der Waals surface area contributed by atoms with Gasteiger partial charge in [-0.3, -0.25) is 4.79 Å². The quantitative estimate of drug-likeness (QED) is 0.673. The Morgan fingerprint density at radius 1 is 1.23 bits per heavy atom. The number of aromatic nitrogens is 1. The number of carbonyl (C=O) groups is 1. The molecular weight excluding hydrogens is 362 g/mol. The van der Waals surface area contributed by atoms with Crippen LogP contribution in [0.2, 0.25) is 0 Å². The molecule has 2 aliphatic carbocycles. The molecule has 4 N–H and O–H groups in total. The van der Waals surface area contributed by atoms with E-state index in [2.05, 4.69) is 17.5 Å². The molecule has 0 spiro atoms. The molecule has 5 rings (SSSR count). The van der Waals surface area contributed by atoms with Crippen molar-refractivity contribution in [2.24, 2.45) is 11.7 Å². The van der Waals surface area contributed by atoms with Crippen LogP contribution < -0.4 is 11.5 Å². The number of rotatable bonds is 3. The van der Waals surface area contributed by atoms with Gasteiger partial charge in [0.25, 0.3) is 5.91 Å². The minimum Gasteiger partial charge on any atom is -0.397 e. The molecule has 1 saturated carbocycles. The Labute approximate surface area is 160 Å². The summed E-state index contributed by atoms with van der Waals surface area (Å²) in [7, 11) is 0. The zero-order valence-electron chi connectivity index (χ0n) is 14.5. The van der Waals surface area contributed by atoms with Gasteiger partial charge in [0, 0.05) is 27.4 Å². The lowest BCUT2D eigenvalue weighted by Crippen LogP contribution is -2.10. The molecule has 1 unspecified atom stereocenters. The SMILES string of the molecule is NC(=O)c1sc2nc3c(c(-c4cccs4)c2c1N)CCC3C1CCCC1. The molecule has 0 bridgehead atoms. The van der Waals surface area contributed by atoms with E-state index in [1.165, 1.54) is 65.1 Å². The molecule has 134 valence electrons. The fourth-order valence-electron chi connectivity index (χ4n) is 4.90. The number of thiophene rings is 2. The average molecular weight is 384 g/mol. The van der Waals surface area contributed by atoms with Crippen molar-refractivity contribution in [1.82, 2.24) is 4.98 Å². The van der Waals surface area contributed by atoms with Crippen molar-refractivity contribution in [2.75, 3.05) is 5.73 Å². The molecular formula is C20H21N3OS2. The molecule has 4 nitrogen and oxygen atoms in total. The van der Waals surface area contributed by atoms with E-state index in [9.17, 15) is 4.79 Å². The Bertz CT molecular complexity index is 1000. The standard InChI is InChI=1S/C20H21N3OS2/c21-16-15-14(13-6-3-9-25-13)12-8-7-11(10-4-1-2-5-10)17(12)23-20(15)26-18(16)19(22)24/h3,6,9-11H,1-2,4-5,7-8,21H2,(H2,22,24). The Kier molecular flexibility index (Phi) is 3.79. The van der Waals surface area contributed by atoms with E-state index in [1.807, 2.05) is 0 Å². The number of hydrogen-bond acceptors (Lipinski definition) is 5. The topological polar surface area (TPSA) is 82.0 Å². The summed E-state index contributed by atoms with van der Waals surface area (Å²) in [6.45, 7) is 0. The van der Waals surface area contributed by atoms with Crippen LogP contribution >= 0.6 is 22.7 Å². The molecule has 3 heterocycles. The highest BCUT2D eigenvalue weighted by Gasteiger charge is 2.36. The summed E-state index contributed by atoms with van der Waals surface area (Å²) in [5, 5.41) is 3.02. The van der Waals surface area contributed by atoms with E-state index in [4.69, 9.17) is 16.5 Å². The first-order valence-corrected chi connectivity index (χ1v) is 10.9. The summed E-state index contributed by atoms with van der Waals surface area (Å²) in [4.78, 5) is 19.4. The van der Waals surface area contributed by atoms with Crippen molar-refractivity contribution in [3.8, 4) is 10.4 Å². The number of amides is 1. The summed E-state index contributed by atoms with van der Waals surface area (Å²) in [5.41, 5.74) is 16.2. The highest BCUT2D eigenvalue weighted by Crippen LogP contribution is 2.51. The van der Waals surface area contributed by atoms with Crippen molar-refractivity contribution in [3.05, 3.63) is 33.6 Å². The van der Waals surface area contributed by atoms with Crippen molar-refractivity contribution >= 4 is 44.5 Å². The predicted molar refractivity (Wildman–Crippen MR) is 109 cm³/mol. The molecule has 1 fully saturated rings. The second-order valence-corrected chi connectivity index (χ2v) is 9.35. The number of nitrogens with two attached hydrogens (primary N) is 2. The number of carbonyl (C=O) groups excluding carboxylic acids is 1. The van der Waals surface area contributed by atoms with Crippen molar-refractivity contribution in [3.63, 3.8) is 0 Å². The molecule has 0 radical (unpaired) electrons. The van der Waals surface area contributed by atoms with Crippen LogP contribution in [0, 0.1) is 5.92 Å². The number of hydrogen-bond donors (Lipinski definition) is 2. The van der Waals surface area contributed by atoms with E-state index in [0.29, 0.717) is 16.5 Å². The molecule has 3 aromatic rings. The number of primary amides is 1. The molecule has 2 aliphatic rings. The Morgan fingerprint density at radius 3 is 2.73 bits per heavy atom. The highest BCUT2D eigenvalue weighted by atomic mass is 32.1. The van der Waals surface area contributed by atoms with E-state index < -0.39 is 5.91 Å². The number of fused-ring (bicyclic) bond motifs is 2. The number of nitrogens with zero attached hydrogens (tertiary/aromatic N) is 1. The van der Waals surface area contributed by atoms with Gasteiger partial charge in [0.15, 0.2) is 0 Å². The van der Waals surface area contributed by atoms with Gasteiger partial charge in [-0.1, -0.05) is 18.9 Å². The molecule has 3 aromatic heterocycles. The van der Waals surface area contributed by atoms with E-state index in [1.54, 1.807) is 11.3 Å². The molecule has 6 heteroatoms. The predicted octanol–water partition coefficient (Wildman–Crippen LogP) is 4.93. The molecule has 1 amide bonds. The van der Waals surface area contributed by atoms with Gasteiger partial charge in [-0.2, -0.15) is 0 Å². The largest absolute Gasteiger partial charge is 0.397 e. The number of anilines is 1. The fraction of sp³-hybridized carbons (Fsp3) is 0.400. The summed E-state index contributed by atoms with van der Waals surface area (Å²) < 4.78 is 0. The fourth-order valence-corrected chi connectivity index (χ4v) is 6.67. The van der Waals surface area contributed by atoms with Crippen LogP contribution in [0.4, 0.5) is 5.69 Å². The third kappa shape index (κ3) is 2.32. The maximum atomic E-state index is 11.8. The molecule has 0 aromatic carbocycles. The van der Waals surface area contributed by atoms with Crippen LogP contribution in [0.25, 0.3) is 20.7 Å². The van der Waals surface area contributed by atoms with Gasteiger partial charge in [-0.05, 0) is 48.6 Å². The van der Waals surface area contributed by atoms with Crippen LogP contribution in [0.5, 0.6) is 0 Å². The zero-order chi connectivity index (χ0) is 17.8. The third-order valence-corrected chi connectivity index (χ3v) is 8.03. The Balaban J connectivity index is 1.79. The zero-order valence-corrected chi connectivity index (χ0v) is 16.1. The summed E-state index contributed by atoms with van der Waals surface area (Å²) in [6, 6.07) is 4.21. The van der Waals surface area contributed by atoms with Gasteiger partial charge in [0.2, 0.25) is 0 Å². The lowest BCUT2D eigenvalue weighted by atomic mass is 9.88. The lowest BCUT2D eigenvalue weighted by molar-refractivity contribution is 0.100. The first-order chi connectivity index (χ1) is 12.6. The second-order valence-electron chi connectivity index (χ2n) is 7.41. The third-order valence-electron chi connectivity index (χ3n) is 6.03. The maximum absolute atomic E-state index is 11.8. The van der Waals surface area contributed by atoms with E-state index in [0.717, 1.165) is 22.6 Å². The van der Waals surface area contributed by atoms with Crippen LogP contribution in [0.3, 0.4) is 0 Å².